The topological polar surface area (TPSA) is 66.4 Å². The highest BCUT2D eigenvalue weighted by Crippen LogP contribution is 2.21. The van der Waals surface area contributed by atoms with Crippen LogP contribution in [0.15, 0.2) is 24.3 Å². The van der Waals surface area contributed by atoms with Crippen molar-refractivity contribution in [3.8, 4) is 0 Å². The van der Waals surface area contributed by atoms with Gasteiger partial charge in [0, 0.05) is 5.69 Å². The molecule has 1 rings (SSSR count). The number of hydrogen-bond acceptors (Lipinski definition) is 3. The van der Waals surface area contributed by atoms with Crippen LogP contribution < -0.4 is 4.72 Å². The molecule has 5 heteroatoms. The Balaban J connectivity index is 2.91. The van der Waals surface area contributed by atoms with Gasteiger partial charge in [0.2, 0.25) is 10.0 Å². The minimum absolute atomic E-state index is 0.491. The van der Waals surface area contributed by atoms with E-state index in [0.29, 0.717) is 5.69 Å². The fourth-order valence-electron chi connectivity index (χ4n) is 1.16. The average Bonchev–Trinajstić information content (AvgIpc) is 2.00. The normalized spacial score (nSPS) is 12.5. The van der Waals surface area contributed by atoms with Crippen molar-refractivity contribution in [2.75, 3.05) is 11.0 Å². The Hall–Kier alpha value is -1.07. The molecule has 0 saturated carbocycles. The van der Waals surface area contributed by atoms with Gasteiger partial charge >= 0.3 is 0 Å². The van der Waals surface area contributed by atoms with Crippen LogP contribution in [0.1, 0.15) is 19.4 Å². The smallest absolute Gasteiger partial charge is 0.229 e. The lowest BCUT2D eigenvalue weighted by molar-refractivity contribution is 0.0786. The van der Waals surface area contributed by atoms with Crippen LogP contribution in [0.5, 0.6) is 0 Å². The maximum absolute atomic E-state index is 10.9. The van der Waals surface area contributed by atoms with Crippen LogP contribution in [0.3, 0.4) is 0 Å². The number of hydrogen-bond donors (Lipinski definition) is 2. The highest BCUT2D eigenvalue weighted by Gasteiger charge is 2.15. The van der Waals surface area contributed by atoms with Crippen LogP contribution >= 0.6 is 0 Å². The first-order valence-corrected chi connectivity index (χ1v) is 6.38. The molecule has 15 heavy (non-hydrogen) atoms. The van der Waals surface area contributed by atoms with Gasteiger partial charge < -0.3 is 5.11 Å². The summed E-state index contributed by atoms with van der Waals surface area (Å²) in [6, 6.07) is 6.61. The van der Waals surface area contributed by atoms with E-state index in [1.54, 1.807) is 38.1 Å². The quantitative estimate of drug-likeness (QED) is 0.820. The first-order valence-electron chi connectivity index (χ1n) is 4.49. The zero-order valence-electron chi connectivity index (χ0n) is 8.98. The SMILES string of the molecule is CC(C)(O)c1ccc(NS(C)(=O)=O)cc1. The standard InChI is InChI=1S/C10H15NO3S/c1-10(2,12)8-4-6-9(7-5-8)11-15(3,13)14/h4-7,11-12H,1-3H3. The molecule has 0 aliphatic heterocycles. The molecule has 0 saturated heterocycles. The lowest BCUT2D eigenvalue weighted by Crippen LogP contribution is -2.15. The van der Waals surface area contributed by atoms with Gasteiger partial charge in [-0.3, -0.25) is 4.72 Å². The Labute approximate surface area is 90.0 Å². The molecular weight excluding hydrogens is 214 g/mol. The first-order chi connectivity index (χ1) is 6.68. The Bertz CT molecular complexity index is 429. The molecule has 1 aromatic carbocycles. The zero-order chi connectivity index (χ0) is 11.7. The molecule has 0 amide bonds. The van der Waals surface area contributed by atoms with Crippen LogP contribution in [0.4, 0.5) is 5.69 Å². The summed E-state index contributed by atoms with van der Waals surface area (Å²) in [6.45, 7) is 3.35. The van der Waals surface area contributed by atoms with Crippen LogP contribution in [0, 0.1) is 0 Å². The lowest BCUT2D eigenvalue weighted by atomic mass is 9.98. The van der Waals surface area contributed by atoms with Crippen molar-refractivity contribution < 1.29 is 13.5 Å². The predicted molar refractivity (Wildman–Crippen MR) is 60.2 cm³/mol. The number of rotatable bonds is 3. The minimum Gasteiger partial charge on any atom is -0.386 e. The largest absolute Gasteiger partial charge is 0.386 e. The van der Waals surface area contributed by atoms with E-state index in [0.717, 1.165) is 11.8 Å². The van der Waals surface area contributed by atoms with Crippen molar-refractivity contribution in [2.45, 2.75) is 19.4 Å². The molecule has 0 spiro atoms. The lowest BCUT2D eigenvalue weighted by Gasteiger charge is -2.17. The van der Waals surface area contributed by atoms with Gasteiger partial charge in [0.15, 0.2) is 0 Å². The number of anilines is 1. The van der Waals surface area contributed by atoms with Crippen molar-refractivity contribution in [3.63, 3.8) is 0 Å². The Morgan fingerprint density at radius 2 is 1.67 bits per heavy atom. The Morgan fingerprint density at radius 3 is 2.00 bits per heavy atom. The van der Waals surface area contributed by atoms with Gasteiger partial charge in [-0.2, -0.15) is 0 Å². The third-order valence-corrected chi connectivity index (χ3v) is 2.50. The van der Waals surface area contributed by atoms with E-state index in [1.165, 1.54) is 0 Å². The average molecular weight is 229 g/mol. The maximum atomic E-state index is 10.9. The van der Waals surface area contributed by atoms with Crippen LogP contribution in [-0.4, -0.2) is 19.8 Å². The van der Waals surface area contributed by atoms with Crippen molar-refractivity contribution in [3.05, 3.63) is 29.8 Å². The van der Waals surface area contributed by atoms with E-state index in [1.807, 2.05) is 0 Å². The van der Waals surface area contributed by atoms with E-state index < -0.39 is 15.6 Å². The third-order valence-electron chi connectivity index (χ3n) is 1.89. The highest BCUT2D eigenvalue weighted by molar-refractivity contribution is 7.92. The summed E-state index contributed by atoms with van der Waals surface area (Å²) in [4.78, 5) is 0. The van der Waals surface area contributed by atoms with Gasteiger partial charge in [0.25, 0.3) is 0 Å². The summed E-state index contributed by atoms with van der Waals surface area (Å²) in [6.07, 6.45) is 1.09. The van der Waals surface area contributed by atoms with Gasteiger partial charge in [0.1, 0.15) is 0 Å². The molecule has 0 bridgehead atoms. The van der Waals surface area contributed by atoms with E-state index in [2.05, 4.69) is 4.72 Å². The van der Waals surface area contributed by atoms with Gasteiger partial charge in [-0.1, -0.05) is 12.1 Å². The summed E-state index contributed by atoms with van der Waals surface area (Å²) in [5.41, 5.74) is 0.316. The van der Waals surface area contributed by atoms with Gasteiger partial charge in [-0.25, -0.2) is 8.42 Å². The molecule has 1 aromatic rings. The van der Waals surface area contributed by atoms with Gasteiger partial charge in [0.05, 0.1) is 11.9 Å². The molecule has 0 aliphatic rings. The second-order valence-electron chi connectivity index (χ2n) is 4.01. The number of aliphatic hydroxyl groups is 1. The molecule has 2 N–H and O–H groups in total. The Morgan fingerprint density at radius 1 is 1.20 bits per heavy atom. The third kappa shape index (κ3) is 3.89. The van der Waals surface area contributed by atoms with Crippen molar-refractivity contribution >= 4 is 15.7 Å². The van der Waals surface area contributed by atoms with Crippen molar-refractivity contribution in [1.82, 2.24) is 0 Å². The van der Waals surface area contributed by atoms with E-state index in [9.17, 15) is 13.5 Å². The van der Waals surface area contributed by atoms with E-state index >= 15 is 0 Å². The summed E-state index contributed by atoms with van der Waals surface area (Å²) in [5, 5.41) is 9.67. The second-order valence-corrected chi connectivity index (χ2v) is 5.76. The monoisotopic (exact) mass is 229 g/mol. The Kier molecular flexibility index (Phi) is 3.06. The first kappa shape index (κ1) is 12.0. The number of benzene rings is 1. The second kappa shape index (κ2) is 3.83. The summed E-state index contributed by atoms with van der Waals surface area (Å²) in [7, 11) is -3.24. The molecule has 0 radical (unpaired) electrons. The number of sulfonamides is 1. The molecule has 0 aromatic heterocycles. The van der Waals surface area contributed by atoms with Gasteiger partial charge in [-0.05, 0) is 31.5 Å². The van der Waals surface area contributed by atoms with Crippen LogP contribution in [-0.2, 0) is 15.6 Å². The molecule has 4 nitrogen and oxygen atoms in total. The fraction of sp³-hybridized carbons (Fsp3) is 0.400. The van der Waals surface area contributed by atoms with Crippen molar-refractivity contribution in [2.24, 2.45) is 0 Å². The fourth-order valence-corrected chi connectivity index (χ4v) is 1.72. The molecule has 84 valence electrons. The molecule has 0 atom stereocenters. The molecule has 0 heterocycles. The van der Waals surface area contributed by atoms with E-state index in [4.69, 9.17) is 0 Å². The molecule has 0 fully saturated rings. The molecule has 0 unspecified atom stereocenters. The maximum Gasteiger partial charge on any atom is 0.229 e. The highest BCUT2D eigenvalue weighted by atomic mass is 32.2. The predicted octanol–water partition coefficient (Wildman–Crippen LogP) is 1.29. The zero-order valence-corrected chi connectivity index (χ0v) is 9.80. The molecule has 0 aliphatic carbocycles. The van der Waals surface area contributed by atoms with Crippen LogP contribution in [0.25, 0.3) is 0 Å². The van der Waals surface area contributed by atoms with Crippen molar-refractivity contribution in [1.29, 1.82) is 0 Å². The van der Waals surface area contributed by atoms with Gasteiger partial charge in [-0.15, -0.1) is 0 Å². The van der Waals surface area contributed by atoms with E-state index in [-0.39, 0.29) is 0 Å². The molecular formula is C10H15NO3S. The summed E-state index contributed by atoms with van der Waals surface area (Å²) >= 11 is 0. The number of nitrogens with one attached hydrogen (secondary N) is 1. The summed E-state index contributed by atoms with van der Waals surface area (Å²) < 4.78 is 24.2. The minimum atomic E-state index is -3.24. The van der Waals surface area contributed by atoms with Crippen LogP contribution in [0.2, 0.25) is 0 Å². The summed E-state index contributed by atoms with van der Waals surface area (Å²) in [5.74, 6) is 0.